The standard InChI is InChI=1S/C13H12N2O/c1-8-6-14-13(16)9-4-3-5-11-12(9)10(8)7-15(11)2/h3-5,7H,1,6H2,2H3,(H,14,16). The summed E-state index contributed by atoms with van der Waals surface area (Å²) in [4.78, 5) is 11.9. The van der Waals surface area contributed by atoms with Crippen molar-refractivity contribution < 1.29 is 4.79 Å². The normalized spacial score (nSPS) is 15.1. The molecule has 1 aliphatic rings. The molecule has 2 aromatic rings. The lowest BCUT2D eigenvalue weighted by Gasteiger charge is -2.02. The van der Waals surface area contributed by atoms with Crippen LogP contribution in [0.25, 0.3) is 16.5 Å². The van der Waals surface area contributed by atoms with Crippen molar-refractivity contribution in [2.24, 2.45) is 7.05 Å². The first-order valence-corrected chi connectivity index (χ1v) is 5.23. The summed E-state index contributed by atoms with van der Waals surface area (Å²) in [6, 6.07) is 5.79. The zero-order valence-electron chi connectivity index (χ0n) is 9.08. The molecule has 3 nitrogen and oxygen atoms in total. The topological polar surface area (TPSA) is 34.0 Å². The van der Waals surface area contributed by atoms with Crippen LogP contribution in [0.2, 0.25) is 0 Å². The fourth-order valence-electron chi connectivity index (χ4n) is 2.28. The van der Waals surface area contributed by atoms with Crippen molar-refractivity contribution in [1.29, 1.82) is 0 Å². The van der Waals surface area contributed by atoms with E-state index in [-0.39, 0.29) is 5.91 Å². The predicted molar refractivity (Wildman–Crippen MR) is 64.3 cm³/mol. The molecule has 1 aliphatic heterocycles. The van der Waals surface area contributed by atoms with Gasteiger partial charge in [-0.05, 0) is 17.7 Å². The van der Waals surface area contributed by atoms with Crippen molar-refractivity contribution in [2.75, 3.05) is 6.54 Å². The number of nitrogens with zero attached hydrogens (tertiary/aromatic N) is 1. The van der Waals surface area contributed by atoms with Gasteiger partial charge in [-0.25, -0.2) is 0 Å². The van der Waals surface area contributed by atoms with Gasteiger partial charge in [0.05, 0.1) is 0 Å². The van der Waals surface area contributed by atoms with Gasteiger partial charge in [0.1, 0.15) is 0 Å². The largest absolute Gasteiger partial charge is 0.350 e. The number of nitrogens with one attached hydrogen (secondary N) is 1. The molecule has 3 rings (SSSR count). The van der Waals surface area contributed by atoms with Crippen molar-refractivity contribution in [2.45, 2.75) is 0 Å². The van der Waals surface area contributed by atoms with Crippen molar-refractivity contribution in [1.82, 2.24) is 9.88 Å². The van der Waals surface area contributed by atoms with Crippen molar-refractivity contribution in [3.8, 4) is 0 Å². The maximum absolute atomic E-state index is 11.9. The van der Waals surface area contributed by atoms with Gasteiger partial charge in [0.2, 0.25) is 0 Å². The Kier molecular flexibility index (Phi) is 1.72. The Morgan fingerprint density at radius 1 is 1.38 bits per heavy atom. The average Bonchev–Trinajstić information content (AvgIpc) is 2.58. The van der Waals surface area contributed by atoms with Gasteiger partial charge >= 0.3 is 0 Å². The van der Waals surface area contributed by atoms with E-state index in [4.69, 9.17) is 0 Å². The molecule has 1 aromatic carbocycles. The molecule has 0 radical (unpaired) electrons. The number of aromatic nitrogens is 1. The molecule has 1 amide bonds. The summed E-state index contributed by atoms with van der Waals surface area (Å²) >= 11 is 0. The third kappa shape index (κ3) is 1.05. The summed E-state index contributed by atoms with van der Waals surface area (Å²) in [5.41, 5.74) is 3.85. The first kappa shape index (κ1) is 9.21. The average molecular weight is 212 g/mol. The minimum absolute atomic E-state index is 0.0169. The predicted octanol–water partition coefficient (Wildman–Crippen LogP) is 1.93. The molecule has 0 bridgehead atoms. The fourth-order valence-corrected chi connectivity index (χ4v) is 2.28. The van der Waals surface area contributed by atoms with Crippen molar-refractivity contribution >= 4 is 22.4 Å². The van der Waals surface area contributed by atoms with E-state index in [1.165, 1.54) is 0 Å². The summed E-state index contributed by atoms with van der Waals surface area (Å²) in [5, 5.41) is 3.88. The van der Waals surface area contributed by atoms with Gasteiger partial charge in [-0.3, -0.25) is 4.79 Å². The van der Waals surface area contributed by atoms with Crippen molar-refractivity contribution in [3.63, 3.8) is 0 Å². The van der Waals surface area contributed by atoms with E-state index in [1.54, 1.807) is 0 Å². The molecule has 1 aromatic heterocycles. The van der Waals surface area contributed by atoms with Gasteiger partial charge in [0.25, 0.3) is 5.91 Å². The van der Waals surface area contributed by atoms with Crippen LogP contribution in [0, 0.1) is 0 Å². The van der Waals surface area contributed by atoms with Crippen LogP contribution >= 0.6 is 0 Å². The SMILES string of the molecule is C=C1CNC(=O)c2cccc3c2c1cn3C. The maximum atomic E-state index is 11.9. The number of benzene rings is 1. The molecule has 0 aliphatic carbocycles. The molecule has 0 saturated heterocycles. The lowest BCUT2D eigenvalue weighted by Crippen LogP contribution is -2.23. The molecular weight excluding hydrogens is 200 g/mol. The second-order valence-corrected chi connectivity index (χ2v) is 4.14. The summed E-state index contributed by atoms with van der Waals surface area (Å²) < 4.78 is 2.04. The van der Waals surface area contributed by atoms with E-state index in [2.05, 4.69) is 11.9 Å². The molecular formula is C13H12N2O. The highest BCUT2D eigenvalue weighted by Crippen LogP contribution is 2.30. The van der Waals surface area contributed by atoms with E-state index in [1.807, 2.05) is 36.0 Å². The highest BCUT2D eigenvalue weighted by atomic mass is 16.1. The van der Waals surface area contributed by atoms with Crippen LogP contribution in [-0.2, 0) is 7.05 Å². The molecule has 1 N–H and O–H groups in total. The summed E-state index contributed by atoms with van der Waals surface area (Å²) in [7, 11) is 1.99. The Morgan fingerprint density at radius 3 is 3.00 bits per heavy atom. The Bertz CT molecular complexity index is 622. The fraction of sp³-hybridized carbons (Fsp3) is 0.154. The Balaban J connectivity index is 2.51. The van der Waals surface area contributed by atoms with Crippen LogP contribution in [0.4, 0.5) is 0 Å². The van der Waals surface area contributed by atoms with Gasteiger partial charge in [-0.1, -0.05) is 12.6 Å². The molecule has 80 valence electrons. The molecule has 16 heavy (non-hydrogen) atoms. The third-order valence-corrected chi connectivity index (χ3v) is 3.10. The Hall–Kier alpha value is -2.03. The first-order valence-electron chi connectivity index (χ1n) is 5.23. The van der Waals surface area contributed by atoms with E-state index >= 15 is 0 Å². The van der Waals surface area contributed by atoms with Gasteiger partial charge in [-0.2, -0.15) is 0 Å². The second kappa shape index (κ2) is 2.98. The van der Waals surface area contributed by atoms with E-state index in [0.717, 1.165) is 27.6 Å². The lowest BCUT2D eigenvalue weighted by atomic mass is 10.0. The van der Waals surface area contributed by atoms with Gasteiger partial charge < -0.3 is 9.88 Å². The monoisotopic (exact) mass is 212 g/mol. The summed E-state index contributed by atoms with van der Waals surface area (Å²) in [6.45, 7) is 4.54. The van der Waals surface area contributed by atoms with Crippen molar-refractivity contribution in [3.05, 3.63) is 42.1 Å². The number of carbonyl (C=O) groups excluding carboxylic acids is 1. The maximum Gasteiger partial charge on any atom is 0.252 e. The highest BCUT2D eigenvalue weighted by Gasteiger charge is 2.20. The second-order valence-electron chi connectivity index (χ2n) is 4.14. The zero-order chi connectivity index (χ0) is 11.3. The van der Waals surface area contributed by atoms with E-state index in [9.17, 15) is 4.79 Å². The van der Waals surface area contributed by atoms with Crippen LogP contribution in [0.3, 0.4) is 0 Å². The summed E-state index contributed by atoms with van der Waals surface area (Å²) in [5.74, 6) is -0.0169. The van der Waals surface area contributed by atoms with Crippen LogP contribution in [-0.4, -0.2) is 17.0 Å². The molecule has 0 atom stereocenters. The molecule has 0 unspecified atom stereocenters. The van der Waals surface area contributed by atoms with Crippen LogP contribution in [0.5, 0.6) is 0 Å². The van der Waals surface area contributed by atoms with E-state index < -0.39 is 0 Å². The number of hydrogen-bond acceptors (Lipinski definition) is 1. The Labute approximate surface area is 93.4 Å². The third-order valence-electron chi connectivity index (χ3n) is 3.10. The van der Waals surface area contributed by atoms with Crippen LogP contribution in [0.15, 0.2) is 31.0 Å². The zero-order valence-corrected chi connectivity index (χ0v) is 9.08. The number of carbonyl (C=O) groups is 1. The van der Waals surface area contributed by atoms with Gasteiger partial charge in [0, 0.05) is 41.8 Å². The quantitative estimate of drug-likeness (QED) is 0.711. The highest BCUT2D eigenvalue weighted by molar-refractivity contribution is 6.12. The molecule has 0 saturated carbocycles. The van der Waals surface area contributed by atoms with E-state index in [0.29, 0.717) is 6.54 Å². The number of amides is 1. The van der Waals surface area contributed by atoms with Gasteiger partial charge in [0.15, 0.2) is 0 Å². The number of aryl methyl sites for hydroxylation is 1. The first-order chi connectivity index (χ1) is 7.68. The summed E-state index contributed by atoms with van der Waals surface area (Å²) in [6.07, 6.45) is 2.04. The molecule has 0 spiro atoms. The van der Waals surface area contributed by atoms with Crippen LogP contribution in [0.1, 0.15) is 15.9 Å². The Morgan fingerprint density at radius 2 is 2.19 bits per heavy atom. The lowest BCUT2D eigenvalue weighted by molar-refractivity contribution is 0.0961. The molecule has 2 heterocycles. The molecule has 0 fully saturated rings. The van der Waals surface area contributed by atoms with Gasteiger partial charge in [-0.15, -0.1) is 0 Å². The number of rotatable bonds is 0. The smallest absolute Gasteiger partial charge is 0.252 e. The number of hydrogen-bond donors (Lipinski definition) is 1. The minimum Gasteiger partial charge on any atom is -0.350 e. The minimum atomic E-state index is -0.0169. The van der Waals surface area contributed by atoms with Crippen LogP contribution < -0.4 is 5.32 Å². The molecule has 3 heteroatoms.